The minimum absolute atomic E-state index is 0.0432. The Morgan fingerprint density at radius 3 is 2.54 bits per heavy atom. The number of hydrogen-bond donors (Lipinski definition) is 3. The van der Waals surface area contributed by atoms with Crippen LogP contribution >= 0.6 is 0 Å². The second-order valence-corrected chi connectivity index (χ2v) is 5.39. The number of nitriles is 1. The van der Waals surface area contributed by atoms with Crippen LogP contribution in [0.5, 0.6) is 5.75 Å². The molecular weight excluding hydrogens is 308 g/mol. The van der Waals surface area contributed by atoms with Crippen LogP contribution in [0, 0.1) is 11.3 Å². The van der Waals surface area contributed by atoms with Crippen LogP contribution in [-0.4, -0.2) is 30.6 Å². The van der Waals surface area contributed by atoms with Crippen molar-refractivity contribution >= 4 is 17.6 Å². The Morgan fingerprint density at radius 1 is 1.25 bits per heavy atom. The third-order valence-electron chi connectivity index (χ3n) is 3.40. The Labute approximate surface area is 142 Å². The fourth-order valence-corrected chi connectivity index (χ4v) is 1.87. The summed E-state index contributed by atoms with van der Waals surface area (Å²) < 4.78 is 5.43. The van der Waals surface area contributed by atoms with Gasteiger partial charge in [-0.15, -0.1) is 0 Å². The average molecular weight is 332 g/mol. The van der Waals surface area contributed by atoms with Gasteiger partial charge in [0.1, 0.15) is 11.8 Å². The van der Waals surface area contributed by atoms with Crippen molar-refractivity contribution in [1.82, 2.24) is 10.6 Å². The summed E-state index contributed by atoms with van der Waals surface area (Å²) in [5.41, 5.74) is 0.777. The number of nitrogens with zero attached hydrogens (tertiary/aromatic N) is 1. The predicted molar refractivity (Wildman–Crippen MR) is 91.8 cm³/mol. The molecule has 2 atom stereocenters. The fraction of sp³-hybridized carbons (Fsp3) is 0.471. The maximum absolute atomic E-state index is 12.1. The summed E-state index contributed by atoms with van der Waals surface area (Å²) in [6.07, 6.45) is 0.809. The molecule has 0 bridgehead atoms. The Bertz CT molecular complexity index is 625. The normalized spacial score (nSPS) is 12.5. The smallest absolute Gasteiger partial charge is 0.319 e. The summed E-state index contributed by atoms with van der Waals surface area (Å²) in [7, 11) is 0. The van der Waals surface area contributed by atoms with E-state index in [2.05, 4.69) is 16.0 Å². The molecule has 7 heteroatoms. The molecule has 0 saturated carbocycles. The van der Waals surface area contributed by atoms with Crippen LogP contribution in [-0.2, 0) is 4.79 Å². The first kappa shape index (κ1) is 19.3. The van der Waals surface area contributed by atoms with Gasteiger partial charge >= 0.3 is 6.03 Å². The first-order valence-corrected chi connectivity index (χ1v) is 7.96. The molecule has 0 saturated heterocycles. The number of hydrogen-bond acceptors (Lipinski definition) is 4. The van der Waals surface area contributed by atoms with E-state index in [0.717, 1.165) is 6.42 Å². The number of urea groups is 1. The van der Waals surface area contributed by atoms with E-state index in [1.807, 2.05) is 26.8 Å². The summed E-state index contributed by atoms with van der Waals surface area (Å²) in [4.78, 5) is 24.0. The van der Waals surface area contributed by atoms with Gasteiger partial charge in [-0.1, -0.05) is 6.92 Å². The molecule has 0 heterocycles. The number of benzene rings is 1. The van der Waals surface area contributed by atoms with Gasteiger partial charge in [0, 0.05) is 6.04 Å². The zero-order valence-corrected chi connectivity index (χ0v) is 14.5. The largest absolute Gasteiger partial charge is 0.492 e. The lowest BCUT2D eigenvalue weighted by atomic mass is 10.2. The third-order valence-corrected chi connectivity index (χ3v) is 3.40. The zero-order valence-electron chi connectivity index (χ0n) is 14.5. The quantitative estimate of drug-likeness (QED) is 0.713. The lowest BCUT2D eigenvalue weighted by Crippen LogP contribution is -2.48. The topological polar surface area (TPSA) is 103 Å². The summed E-state index contributed by atoms with van der Waals surface area (Å²) in [6.45, 7) is 7.71. The molecule has 3 N–H and O–H groups in total. The lowest BCUT2D eigenvalue weighted by molar-refractivity contribution is -0.123. The van der Waals surface area contributed by atoms with Crippen molar-refractivity contribution in [3.05, 3.63) is 23.8 Å². The lowest BCUT2D eigenvalue weighted by Gasteiger charge is -2.18. The predicted octanol–water partition coefficient (Wildman–Crippen LogP) is 2.38. The van der Waals surface area contributed by atoms with Crippen molar-refractivity contribution < 1.29 is 14.3 Å². The van der Waals surface area contributed by atoms with Gasteiger partial charge in [-0.05, 0) is 45.4 Å². The second-order valence-electron chi connectivity index (χ2n) is 5.39. The van der Waals surface area contributed by atoms with Crippen molar-refractivity contribution in [1.29, 1.82) is 5.26 Å². The Balaban J connectivity index is 2.73. The van der Waals surface area contributed by atoms with Crippen molar-refractivity contribution in [2.45, 2.75) is 46.2 Å². The van der Waals surface area contributed by atoms with Crippen LogP contribution < -0.4 is 20.7 Å². The summed E-state index contributed by atoms with van der Waals surface area (Å²) in [5, 5.41) is 17.0. The van der Waals surface area contributed by atoms with E-state index in [1.165, 1.54) is 6.07 Å². The average Bonchev–Trinajstić information content (AvgIpc) is 2.56. The van der Waals surface area contributed by atoms with Crippen molar-refractivity contribution in [2.75, 3.05) is 11.9 Å². The van der Waals surface area contributed by atoms with E-state index in [9.17, 15) is 9.59 Å². The summed E-state index contributed by atoms with van der Waals surface area (Å²) >= 11 is 0. The van der Waals surface area contributed by atoms with E-state index in [1.54, 1.807) is 19.1 Å². The highest BCUT2D eigenvalue weighted by Gasteiger charge is 2.17. The molecule has 0 radical (unpaired) electrons. The number of nitrogens with one attached hydrogen (secondary N) is 3. The monoisotopic (exact) mass is 332 g/mol. The molecule has 1 rings (SSSR count). The molecule has 130 valence electrons. The Kier molecular flexibility index (Phi) is 7.56. The van der Waals surface area contributed by atoms with Crippen molar-refractivity contribution in [3.63, 3.8) is 0 Å². The SMILES string of the molecule is CCOc1ccc(C#N)cc1NC(=O)N[C@H](C)C(=O)N[C@@H](C)CC. The molecule has 24 heavy (non-hydrogen) atoms. The van der Waals surface area contributed by atoms with Crippen LogP contribution in [0.1, 0.15) is 39.7 Å². The number of carbonyl (C=O) groups is 2. The molecular formula is C17H24N4O3. The molecule has 0 aliphatic rings. The van der Waals surface area contributed by atoms with Gasteiger partial charge in [-0.3, -0.25) is 4.79 Å². The Morgan fingerprint density at radius 2 is 1.96 bits per heavy atom. The summed E-state index contributed by atoms with van der Waals surface area (Å²) in [6, 6.07) is 5.57. The highest BCUT2D eigenvalue weighted by atomic mass is 16.5. The molecule has 1 aromatic carbocycles. The fourth-order valence-electron chi connectivity index (χ4n) is 1.87. The van der Waals surface area contributed by atoms with Crippen LogP contribution in [0.4, 0.5) is 10.5 Å². The van der Waals surface area contributed by atoms with Crippen molar-refractivity contribution in [3.8, 4) is 11.8 Å². The van der Waals surface area contributed by atoms with E-state index in [0.29, 0.717) is 23.6 Å². The Hall–Kier alpha value is -2.75. The van der Waals surface area contributed by atoms with Gasteiger partial charge in [-0.2, -0.15) is 5.26 Å². The molecule has 3 amide bonds. The number of ether oxygens (including phenoxy) is 1. The number of anilines is 1. The maximum atomic E-state index is 12.1. The summed E-state index contributed by atoms with van der Waals surface area (Å²) in [5.74, 6) is 0.207. The third kappa shape index (κ3) is 5.80. The second kappa shape index (κ2) is 9.40. The van der Waals surface area contributed by atoms with Gasteiger partial charge in [0.25, 0.3) is 0 Å². The first-order valence-electron chi connectivity index (χ1n) is 7.96. The highest BCUT2D eigenvalue weighted by Crippen LogP contribution is 2.25. The van der Waals surface area contributed by atoms with Crippen LogP contribution in [0.25, 0.3) is 0 Å². The molecule has 0 aliphatic carbocycles. The van der Waals surface area contributed by atoms with Crippen LogP contribution in [0.2, 0.25) is 0 Å². The number of carbonyl (C=O) groups excluding carboxylic acids is 2. The number of rotatable bonds is 7. The van der Waals surface area contributed by atoms with E-state index in [4.69, 9.17) is 10.00 Å². The standard InChI is InChI=1S/C17H24N4O3/c1-5-11(3)19-16(22)12(4)20-17(23)21-14-9-13(10-18)7-8-15(14)24-6-2/h7-9,11-12H,5-6H2,1-4H3,(H,19,22)(H2,20,21,23)/t11-,12+/m0/s1. The molecule has 1 aromatic rings. The van der Waals surface area contributed by atoms with Gasteiger partial charge in [0.15, 0.2) is 0 Å². The molecule has 0 aliphatic heterocycles. The van der Waals surface area contributed by atoms with Crippen LogP contribution in [0.15, 0.2) is 18.2 Å². The van der Waals surface area contributed by atoms with E-state index in [-0.39, 0.29) is 11.9 Å². The zero-order chi connectivity index (χ0) is 18.1. The maximum Gasteiger partial charge on any atom is 0.319 e. The van der Waals surface area contributed by atoms with Crippen LogP contribution in [0.3, 0.4) is 0 Å². The highest BCUT2D eigenvalue weighted by molar-refractivity contribution is 5.94. The van der Waals surface area contributed by atoms with Gasteiger partial charge in [-0.25, -0.2) is 4.79 Å². The van der Waals surface area contributed by atoms with Gasteiger partial charge < -0.3 is 20.7 Å². The van der Waals surface area contributed by atoms with Gasteiger partial charge in [0.05, 0.1) is 23.9 Å². The van der Waals surface area contributed by atoms with Crippen molar-refractivity contribution in [2.24, 2.45) is 0 Å². The molecule has 0 aromatic heterocycles. The molecule has 0 spiro atoms. The number of amides is 3. The molecule has 0 fully saturated rings. The minimum Gasteiger partial charge on any atom is -0.492 e. The van der Waals surface area contributed by atoms with E-state index >= 15 is 0 Å². The minimum atomic E-state index is -0.686. The molecule has 7 nitrogen and oxygen atoms in total. The first-order chi connectivity index (χ1) is 11.4. The van der Waals surface area contributed by atoms with Gasteiger partial charge in [0.2, 0.25) is 5.91 Å². The van der Waals surface area contributed by atoms with E-state index < -0.39 is 12.1 Å². The molecule has 0 unspecified atom stereocenters.